The minimum absolute atomic E-state index is 0. The van der Waals surface area contributed by atoms with Crippen LogP contribution in [0.3, 0.4) is 0 Å². The third-order valence-electron chi connectivity index (χ3n) is 2.49. The molecule has 2 heteroatoms. The first-order chi connectivity index (χ1) is 7.90. The average Bonchev–Trinajstić information content (AvgIpc) is 2.38. The van der Waals surface area contributed by atoms with Crippen molar-refractivity contribution in [2.75, 3.05) is 5.32 Å². The van der Waals surface area contributed by atoms with Gasteiger partial charge in [-0.15, -0.1) is 11.6 Å². The molecule has 0 saturated heterocycles. The summed E-state index contributed by atoms with van der Waals surface area (Å²) in [6.45, 7) is 6.35. The van der Waals surface area contributed by atoms with Crippen molar-refractivity contribution in [3.05, 3.63) is 72.3 Å². The number of para-hydroxylation sites is 1. The largest absolute Gasteiger partial charge is 2.00 e. The SMILES string of the molecule is [CH-]=Cc1ccccc1CNc1ccccc1.[Ru+2]. The van der Waals surface area contributed by atoms with Crippen molar-refractivity contribution in [2.24, 2.45) is 0 Å². The molecule has 1 nitrogen and oxygen atoms in total. The Morgan fingerprint density at radius 2 is 1.59 bits per heavy atom. The Bertz CT molecular complexity index is 465. The molecule has 0 radical (unpaired) electrons. The topological polar surface area (TPSA) is 12.0 Å². The minimum atomic E-state index is 0. The van der Waals surface area contributed by atoms with Crippen LogP contribution in [0.2, 0.25) is 0 Å². The predicted octanol–water partition coefficient (Wildman–Crippen LogP) is 3.74. The number of nitrogens with one attached hydrogen (secondary N) is 1. The van der Waals surface area contributed by atoms with Crippen LogP contribution in [0.1, 0.15) is 11.1 Å². The molecule has 0 aliphatic carbocycles. The van der Waals surface area contributed by atoms with Crippen LogP contribution in [0.15, 0.2) is 54.6 Å². The van der Waals surface area contributed by atoms with Gasteiger partial charge in [-0.3, -0.25) is 6.58 Å². The van der Waals surface area contributed by atoms with Crippen molar-refractivity contribution >= 4 is 11.8 Å². The van der Waals surface area contributed by atoms with Gasteiger partial charge in [0.15, 0.2) is 0 Å². The third-order valence-corrected chi connectivity index (χ3v) is 2.49. The van der Waals surface area contributed by atoms with E-state index in [1.165, 1.54) is 5.56 Å². The average molecular weight is 309 g/mol. The summed E-state index contributed by atoms with van der Waals surface area (Å²) >= 11 is 0. The first-order valence-corrected chi connectivity index (χ1v) is 5.32. The number of rotatable bonds is 4. The fraction of sp³-hybridized carbons (Fsp3) is 0.0667. The van der Waals surface area contributed by atoms with Gasteiger partial charge in [0.2, 0.25) is 0 Å². The molecule has 0 bridgehead atoms. The van der Waals surface area contributed by atoms with E-state index in [0.29, 0.717) is 0 Å². The van der Waals surface area contributed by atoms with E-state index in [1.54, 1.807) is 6.08 Å². The monoisotopic (exact) mass is 310 g/mol. The number of benzene rings is 2. The first-order valence-electron chi connectivity index (χ1n) is 5.32. The molecule has 0 unspecified atom stereocenters. The molecule has 0 saturated carbocycles. The van der Waals surface area contributed by atoms with Crippen LogP contribution in [0, 0.1) is 6.58 Å². The molecule has 0 aliphatic heterocycles. The van der Waals surface area contributed by atoms with Gasteiger partial charge in [-0.25, -0.2) is 6.08 Å². The molecule has 0 aromatic heterocycles. The van der Waals surface area contributed by atoms with E-state index in [-0.39, 0.29) is 19.5 Å². The second kappa shape index (κ2) is 7.03. The fourth-order valence-corrected chi connectivity index (χ4v) is 1.61. The summed E-state index contributed by atoms with van der Waals surface area (Å²) in [6, 6.07) is 18.2. The molecule has 86 valence electrons. The summed E-state index contributed by atoms with van der Waals surface area (Å²) in [5, 5.41) is 3.36. The van der Waals surface area contributed by atoms with E-state index < -0.39 is 0 Å². The summed E-state index contributed by atoms with van der Waals surface area (Å²) in [7, 11) is 0. The molecule has 2 rings (SSSR count). The van der Waals surface area contributed by atoms with Crippen LogP contribution in [0.4, 0.5) is 5.69 Å². The summed E-state index contributed by atoms with van der Waals surface area (Å²) in [5.74, 6) is 0. The van der Waals surface area contributed by atoms with Crippen LogP contribution in [0.5, 0.6) is 0 Å². The Labute approximate surface area is 115 Å². The standard InChI is InChI=1S/C15H14N.Ru/c1-2-13-8-6-7-9-14(13)12-16-15-10-4-3-5-11-15;/h1-11,16H,12H2;/q-1;+2. The fourth-order valence-electron chi connectivity index (χ4n) is 1.61. The second-order valence-corrected chi connectivity index (χ2v) is 3.59. The normalized spacial score (nSPS) is 9.18. The Kier molecular flexibility index (Phi) is 5.65. The van der Waals surface area contributed by atoms with E-state index in [0.717, 1.165) is 17.8 Å². The second-order valence-electron chi connectivity index (χ2n) is 3.59. The number of hydrogen-bond donors (Lipinski definition) is 1. The molecule has 2 aromatic carbocycles. The quantitative estimate of drug-likeness (QED) is 0.670. The molecule has 0 fully saturated rings. The molecule has 1 N–H and O–H groups in total. The van der Waals surface area contributed by atoms with Gasteiger partial charge >= 0.3 is 19.5 Å². The zero-order valence-corrected chi connectivity index (χ0v) is 11.1. The van der Waals surface area contributed by atoms with Gasteiger partial charge in [0.25, 0.3) is 0 Å². The molecular weight excluding hydrogens is 295 g/mol. The number of anilines is 1. The molecule has 0 aliphatic rings. The summed E-state index contributed by atoms with van der Waals surface area (Å²) in [5.41, 5.74) is 3.40. The van der Waals surface area contributed by atoms with Crippen LogP contribution in [-0.2, 0) is 26.0 Å². The van der Waals surface area contributed by atoms with Crippen molar-refractivity contribution in [3.63, 3.8) is 0 Å². The smallest absolute Gasteiger partial charge is 0.382 e. The zero-order valence-electron chi connectivity index (χ0n) is 9.41. The molecular formula is C15H14NRu+. The van der Waals surface area contributed by atoms with Crippen molar-refractivity contribution in [1.82, 2.24) is 0 Å². The molecule has 17 heavy (non-hydrogen) atoms. The maximum Gasteiger partial charge on any atom is 2.00 e. The maximum atomic E-state index is 5.57. The number of hydrogen-bond acceptors (Lipinski definition) is 1. The van der Waals surface area contributed by atoms with Gasteiger partial charge in [0.05, 0.1) is 0 Å². The van der Waals surface area contributed by atoms with E-state index >= 15 is 0 Å². The van der Waals surface area contributed by atoms with Gasteiger partial charge in [-0.1, -0.05) is 36.4 Å². The Hall–Kier alpha value is -1.40. The van der Waals surface area contributed by atoms with E-state index in [2.05, 4.69) is 23.5 Å². The molecule has 0 heterocycles. The summed E-state index contributed by atoms with van der Waals surface area (Å²) in [4.78, 5) is 0. The molecule has 2 aromatic rings. The molecule has 0 amide bonds. The van der Waals surface area contributed by atoms with E-state index in [4.69, 9.17) is 6.58 Å². The Balaban J connectivity index is 0.00000144. The van der Waals surface area contributed by atoms with Gasteiger partial charge in [0.1, 0.15) is 0 Å². The van der Waals surface area contributed by atoms with E-state index in [9.17, 15) is 0 Å². The first kappa shape index (κ1) is 13.7. The summed E-state index contributed by atoms with van der Waals surface area (Å²) in [6.07, 6.45) is 1.64. The van der Waals surface area contributed by atoms with Crippen molar-refractivity contribution in [1.29, 1.82) is 0 Å². The summed E-state index contributed by atoms with van der Waals surface area (Å²) < 4.78 is 0. The third kappa shape index (κ3) is 3.83. The van der Waals surface area contributed by atoms with Crippen molar-refractivity contribution in [2.45, 2.75) is 6.54 Å². The van der Waals surface area contributed by atoms with Crippen LogP contribution < -0.4 is 5.32 Å². The van der Waals surface area contributed by atoms with Crippen LogP contribution in [0.25, 0.3) is 6.08 Å². The van der Waals surface area contributed by atoms with Crippen molar-refractivity contribution in [3.8, 4) is 0 Å². The van der Waals surface area contributed by atoms with Gasteiger partial charge in [0, 0.05) is 12.2 Å². The molecule has 0 spiro atoms. The van der Waals surface area contributed by atoms with Gasteiger partial charge in [-0.05, 0) is 12.1 Å². The van der Waals surface area contributed by atoms with Crippen LogP contribution >= 0.6 is 0 Å². The maximum absolute atomic E-state index is 5.57. The van der Waals surface area contributed by atoms with Crippen LogP contribution in [-0.4, -0.2) is 0 Å². The van der Waals surface area contributed by atoms with Crippen molar-refractivity contribution < 1.29 is 19.5 Å². The zero-order chi connectivity index (χ0) is 11.2. The van der Waals surface area contributed by atoms with Gasteiger partial charge < -0.3 is 5.32 Å². The van der Waals surface area contributed by atoms with Gasteiger partial charge in [-0.2, -0.15) is 5.56 Å². The van der Waals surface area contributed by atoms with E-state index in [1.807, 2.05) is 36.4 Å². The predicted molar refractivity (Wildman–Crippen MR) is 69.0 cm³/mol. The minimum Gasteiger partial charge on any atom is -0.382 e. The Morgan fingerprint density at radius 1 is 0.941 bits per heavy atom. The molecule has 0 atom stereocenters. The Morgan fingerprint density at radius 3 is 2.29 bits per heavy atom.